The van der Waals surface area contributed by atoms with E-state index in [1.54, 1.807) is 0 Å². The zero-order valence-electron chi connectivity index (χ0n) is 12.1. The summed E-state index contributed by atoms with van der Waals surface area (Å²) in [7, 11) is 0. The molecule has 1 aromatic carbocycles. The maximum absolute atomic E-state index is 12.2. The summed E-state index contributed by atoms with van der Waals surface area (Å²) in [4.78, 5) is 22.9. The Hall–Kier alpha value is -1.88. The van der Waals surface area contributed by atoms with E-state index in [0.717, 1.165) is 24.8 Å². The van der Waals surface area contributed by atoms with Gasteiger partial charge in [-0.15, -0.1) is 0 Å². The number of para-hydroxylation sites is 1. The standard InChI is InChI=1S/C16H22N2O3/c17-11-16(8-3-9-16)10-14(19)18-13-5-2-1-4-12(13)6-7-15(20)21/h1-2,4-5H,3,6-11,17H2,(H,18,19)(H,20,21). The molecule has 0 saturated heterocycles. The van der Waals surface area contributed by atoms with Gasteiger partial charge in [0.1, 0.15) is 0 Å². The normalized spacial score (nSPS) is 16.0. The first-order valence-corrected chi connectivity index (χ1v) is 7.34. The van der Waals surface area contributed by atoms with E-state index in [1.165, 1.54) is 0 Å². The molecular formula is C16H22N2O3. The molecule has 21 heavy (non-hydrogen) atoms. The summed E-state index contributed by atoms with van der Waals surface area (Å²) in [6, 6.07) is 7.34. The van der Waals surface area contributed by atoms with E-state index in [9.17, 15) is 9.59 Å². The van der Waals surface area contributed by atoms with Crippen LogP contribution in [0.4, 0.5) is 5.69 Å². The number of amides is 1. The zero-order valence-corrected chi connectivity index (χ0v) is 12.1. The lowest BCUT2D eigenvalue weighted by atomic mass is 9.66. The van der Waals surface area contributed by atoms with E-state index >= 15 is 0 Å². The summed E-state index contributed by atoms with van der Waals surface area (Å²) in [5, 5.41) is 11.7. The van der Waals surface area contributed by atoms with Crippen molar-refractivity contribution in [2.45, 2.75) is 38.5 Å². The van der Waals surface area contributed by atoms with Crippen LogP contribution < -0.4 is 11.1 Å². The van der Waals surface area contributed by atoms with E-state index in [2.05, 4.69) is 5.32 Å². The van der Waals surface area contributed by atoms with Crippen molar-refractivity contribution in [1.29, 1.82) is 0 Å². The van der Waals surface area contributed by atoms with Crippen LogP contribution in [0.3, 0.4) is 0 Å². The minimum Gasteiger partial charge on any atom is -0.481 e. The van der Waals surface area contributed by atoms with Crippen LogP contribution in [0.5, 0.6) is 0 Å². The second kappa shape index (κ2) is 6.72. The average molecular weight is 290 g/mol. The van der Waals surface area contributed by atoms with Gasteiger partial charge in [-0.25, -0.2) is 0 Å². The Bertz CT molecular complexity index is 518. The molecule has 4 N–H and O–H groups in total. The fourth-order valence-corrected chi connectivity index (χ4v) is 2.77. The van der Waals surface area contributed by atoms with Crippen molar-refractivity contribution in [1.82, 2.24) is 0 Å². The van der Waals surface area contributed by atoms with Gasteiger partial charge in [0.15, 0.2) is 0 Å². The van der Waals surface area contributed by atoms with Crippen molar-refractivity contribution >= 4 is 17.6 Å². The lowest BCUT2D eigenvalue weighted by Crippen LogP contribution is -2.40. The Morgan fingerprint density at radius 1 is 1.29 bits per heavy atom. The lowest BCUT2D eigenvalue weighted by molar-refractivity contribution is -0.137. The molecule has 0 radical (unpaired) electrons. The van der Waals surface area contributed by atoms with Gasteiger partial charge in [-0.3, -0.25) is 9.59 Å². The number of carboxylic acid groups (broad SMARTS) is 1. The topological polar surface area (TPSA) is 92.4 Å². The third kappa shape index (κ3) is 4.04. The number of nitrogens with one attached hydrogen (secondary N) is 1. The Morgan fingerprint density at radius 2 is 2.00 bits per heavy atom. The number of carbonyl (C=O) groups is 2. The van der Waals surface area contributed by atoms with E-state index in [-0.39, 0.29) is 17.7 Å². The van der Waals surface area contributed by atoms with Gasteiger partial charge in [0, 0.05) is 18.5 Å². The second-order valence-corrected chi connectivity index (χ2v) is 5.83. The van der Waals surface area contributed by atoms with Crippen molar-refractivity contribution in [2.24, 2.45) is 11.1 Å². The molecule has 1 amide bonds. The summed E-state index contributed by atoms with van der Waals surface area (Å²) in [5.41, 5.74) is 7.30. The van der Waals surface area contributed by atoms with Gasteiger partial charge in [0.05, 0.1) is 0 Å². The van der Waals surface area contributed by atoms with E-state index in [4.69, 9.17) is 10.8 Å². The first-order chi connectivity index (χ1) is 10.0. The Morgan fingerprint density at radius 3 is 2.57 bits per heavy atom. The fraction of sp³-hybridized carbons (Fsp3) is 0.500. The van der Waals surface area contributed by atoms with E-state index < -0.39 is 5.97 Å². The first-order valence-electron chi connectivity index (χ1n) is 7.34. The fourth-order valence-electron chi connectivity index (χ4n) is 2.77. The third-order valence-corrected chi connectivity index (χ3v) is 4.28. The number of rotatable bonds is 7. The summed E-state index contributed by atoms with van der Waals surface area (Å²) in [6.07, 6.45) is 4.07. The van der Waals surface area contributed by atoms with Gasteiger partial charge < -0.3 is 16.2 Å². The molecule has 1 aliphatic rings. The molecule has 1 aromatic rings. The Kier molecular flexibility index (Phi) is 4.96. The molecule has 5 heteroatoms. The molecule has 1 aliphatic carbocycles. The summed E-state index contributed by atoms with van der Waals surface area (Å²) in [5.74, 6) is -0.879. The Labute approximate surface area is 124 Å². The summed E-state index contributed by atoms with van der Waals surface area (Å²) >= 11 is 0. The van der Waals surface area contributed by atoms with Crippen LogP contribution >= 0.6 is 0 Å². The van der Waals surface area contributed by atoms with Gasteiger partial charge >= 0.3 is 5.97 Å². The molecule has 0 atom stereocenters. The van der Waals surface area contributed by atoms with Gasteiger partial charge in [-0.05, 0) is 42.9 Å². The molecule has 5 nitrogen and oxygen atoms in total. The average Bonchev–Trinajstić information content (AvgIpc) is 2.42. The first kappa shape index (κ1) is 15.5. The van der Waals surface area contributed by atoms with Gasteiger partial charge in [-0.2, -0.15) is 0 Å². The van der Waals surface area contributed by atoms with E-state index in [1.807, 2.05) is 24.3 Å². The molecular weight excluding hydrogens is 268 g/mol. The number of anilines is 1. The van der Waals surface area contributed by atoms with Crippen LogP contribution in [-0.4, -0.2) is 23.5 Å². The highest BCUT2D eigenvalue weighted by atomic mass is 16.4. The highest BCUT2D eigenvalue weighted by Gasteiger charge is 2.37. The minimum atomic E-state index is -0.840. The van der Waals surface area contributed by atoms with Crippen molar-refractivity contribution in [3.8, 4) is 0 Å². The number of hydrogen-bond acceptors (Lipinski definition) is 3. The van der Waals surface area contributed by atoms with Crippen LogP contribution in [0.2, 0.25) is 0 Å². The van der Waals surface area contributed by atoms with Crippen LogP contribution in [0.15, 0.2) is 24.3 Å². The number of aliphatic carboxylic acids is 1. The predicted molar refractivity (Wildman–Crippen MR) is 81.0 cm³/mol. The molecule has 1 saturated carbocycles. The van der Waals surface area contributed by atoms with Gasteiger partial charge in [-0.1, -0.05) is 24.6 Å². The highest BCUT2D eigenvalue weighted by Crippen LogP contribution is 2.43. The van der Waals surface area contributed by atoms with Gasteiger partial charge in [0.2, 0.25) is 5.91 Å². The molecule has 0 aliphatic heterocycles. The second-order valence-electron chi connectivity index (χ2n) is 5.83. The number of carboxylic acids is 1. The number of carbonyl (C=O) groups excluding carboxylic acids is 1. The van der Waals surface area contributed by atoms with Crippen molar-refractivity contribution in [3.05, 3.63) is 29.8 Å². The quantitative estimate of drug-likeness (QED) is 0.717. The Balaban J connectivity index is 1.98. The lowest BCUT2D eigenvalue weighted by Gasteiger charge is -2.40. The molecule has 0 spiro atoms. The maximum Gasteiger partial charge on any atom is 0.303 e. The largest absolute Gasteiger partial charge is 0.481 e. The molecule has 114 valence electrons. The predicted octanol–water partition coefficient (Wildman–Crippen LogP) is 2.16. The molecule has 1 fully saturated rings. The maximum atomic E-state index is 12.2. The van der Waals surface area contributed by atoms with Crippen LogP contribution in [0.1, 0.15) is 37.7 Å². The molecule has 2 rings (SSSR count). The van der Waals surface area contributed by atoms with Crippen LogP contribution in [0, 0.1) is 5.41 Å². The van der Waals surface area contributed by atoms with Crippen LogP contribution in [0.25, 0.3) is 0 Å². The van der Waals surface area contributed by atoms with Crippen LogP contribution in [-0.2, 0) is 16.0 Å². The smallest absolute Gasteiger partial charge is 0.303 e. The molecule has 0 bridgehead atoms. The summed E-state index contributed by atoms with van der Waals surface area (Å²) < 4.78 is 0. The van der Waals surface area contributed by atoms with Crippen molar-refractivity contribution in [3.63, 3.8) is 0 Å². The number of aryl methyl sites for hydroxylation is 1. The molecule has 0 heterocycles. The minimum absolute atomic E-state index is 0.0277. The number of hydrogen-bond donors (Lipinski definition) is 3. The SMILES string of the molecule is NCC1(CC(=O)Nc2ccccc2CCC(=O)O)CCC1. The third-order valence-electron chi connectivity index (χ3n) is 4.28. The molecule has 0 aromatic heterocycles. The van der Waals surface area contributed by atoms with Gasteiger partial charge in [0.25, 0.3) is 0 Å². The monoisotopic (exact) mass is 290 g/mol. The van der Waals surface area contributed by atoms with E-state index in [0.29, 0.717) is 25.1 Å². The number of nitrogens with two attached hydrogens (primary N) is 1. The summed E-state index contributed by atoms with van der Waals surface area (Å²) in [6.45, 7) is 0.543. The zero-order chi connectivity index (χ0) is 15.3. The highest BCUT2D eigenvalue weighted by molar-refractivity contribution is 5.92. The van der Waals surface area contributed by atoms with Crippen molar-refractivity contribution < 1.29 is 14.7 Å². The number of benzene rings is 1. The molecule has 0 unspecified atom stereocenters. The van der Waals surface area contributed by atoms with Crippen molar-refractivity contribution in [2.75, 3.05) is 11.9 Å².